The van der Waals surface area contributed by atoms with Gasteiger partial charge in [-0.15, -0.1) is 0 Å². The number of hydrogen-bond donors (Lipinski definition) is 1. The van der Waals surface area contributed by atoms with Gasteiger partial charge in [0.25, 0.3) is 0 Å². The highest BCUT2D eigenvalue weighted by atomic mass is 16.5. The zero-order valence-corrected chi connectivity index (χ0v) is 12.8. The summed E-state index contributed by atoms with van der Waals surface area (Å²) < 4.78 is 11.6. The molecule has 21 heavy (non-hydrogen) atoms. The molecule has 0 saturated carbocycles. The van der Waals surface area contributed by atoms with Crippen LogP contribution >= 0.6 is 0 Å². The average Bonchev–Trinajstić information content (AvgIpc) is 2.49. The highest BCUT2D eigenvalue weighted by molar-refractivity contribution is 5.43. The van der Waals surface area contributed by atoms with E-state index in [2.05, 4.69) is 19.1 Å². The van der Waals surface area contributed by atoms with Gasteiger partial charge in [-0.3, -0.25) is 0 Å². The van der Waals surface area contributed by atoms with Gasteiger partial charge in [-0.05, 0) is 55.6 Å². The molecule has 0 atom stereocenters. The molecule has 0 radical (unpaired) electrons. The summed E-state index contributed by atoms with van der Waals surface area (Å²) in [6.45, 7) is 5.86. The topological polar surface area (TPSA) is 44.5 Å². The van der Waals surface area contributed by atoms with Crippen molar-refractivity contribution in [1.29, 1.82) is 0 Å². The highest BCUT2D eigenvalue weighted by Gasteiger charge is 2.07. The maximum Gasteiger partial charge on any atom is 0.161 e. The number of ether oxygens (including phenoxy) is 2. The van der Waals surface area contributed by atoms with Crippen LogP contribution in [-0.4, -0.2) is 13.2 Å². The molecule has 0 aliphatic rings. The number of aryl methyl sites for hydroxylation is 1. The minimum absolute atomic E-state index is 0.545. The van der Waals surface area contributed by atoms with Crippen LogP contribution in [0.3, 0.4) is 0 Å². The summed E-state index contributed by atoms with van der Waals surface area (Å²) in [5.41, 5.74) is 9.19. The zero-order valence-electron chi connectivity index (χ0n) is 12.8. The van der Waals surface area contributed by atoms with Gasteiger partial charge in [0, 0.05) is 0 Å². The summed E-state index contributed by atoms with van der Waals surface area (Å²) >= 11 is 0. The average molecular weight is 285 g/mol. The lowest BCUT2D eigenvalue weighted by Gasteiger charge is -2.14. The van der Waals surface area contributed by atoms with Crippen molar-refractivity contribution in [1.82, 2.24) is 0 Å². The van der Waals surface area contributed by atoms with Crippen LogP contribution in [0.5, 0.6) is 11.5 Å². The van der Waals surface area contributed by atoms with Crippen molar-refractivity contribution in [3.8, 4) is 11.5 Å². The molecule has 2 rings (SSSR count). The summed E-state index contributed by atoms with van der Waals surface area (Å²) in [5, 5.41) is 0. The van der Waals surface area contributed by atoms with E-state index in [4.69, 9.17) is 15.2 Å². The van der Waals surface area contributed by atoms with Crippen molar-refractivity contribution in [2.45, 2.75) is 26.9 Å². The molecule has 0 aliphatic heterocycles. The third kappa shape index (κ3) is 4.23. The minimum Gasteiger partial charge on any atom is -0.490 e. The molecule has 2 N–H and O–H groups in total. The third-order valence-electron chi connectivity index (χ3n) is 3.39. The van der Waals surface area contributed by atoms with Gasteiger partial charge in [0.05, 0.1) is 6.61 Å². The van der Waals surface area contributed by atoms with Crippen LogP contribution in [0.25, 0.3) is 0 Å². The predicted octanol–water partition coefficient (Wildman–Crippen LogP) is 3.47. The van der Waals surface area contributed by atoms with Crippen LogP contribution in [0, 0.1) is 6.92 Å². The zero-order chi connectivity index (χ0) is 15.1. The normalized spacial score (nSPS) is 10.4. The molecule has 0 spiro atoms. The van der Waals surface area contributed by atoms with Gasteiger partial charge in [-0.1, -0.05) is 30.3 Å². The Labute approximate surface area is 126 Å². The molecule has 0 saturated heterocycles. The lowest BCUT2D eigenvalue weighted by molar-refractivity contribution is 0.268. The molecule has 0 aliphatic carbocycles. The fourth-order valence-corrected chi connectivity index (χ4v) is 2.19. The van der Waals surface area contributed by atoms with E-state index in [0.29, 0.717) is 19.8 Å². The Hall–Kier alpha value is -2.00. The van der Waals surface area contributed by atoms with Crippen molar-refractivity contribution in [3.05, 3.63) is 59.2 Å². The summed E-state index contributed by atoms with van der Waals surface area (Å²) in [7, 11) is 0. The molecule has 112 valence electrons. The monoisotopic (exact) mass is 285 g/mol. The van der Waals surface area contributed by atoms with Crippen LogP contribution in [0.15, 0.2) is 42.5 Å². The van der Waals surface area contributed by atoms with Crippen LogP contribution in [0.1, 0.15) is 23.6 Å². The van der Waals surface area contributed by atoms with Crippen LogP contribution in [0.2, 0.25) is 0 Å². The maximum absolute atomic E-state index is 5.93. The molecule has 0 unspecified atom stereocenters. The van der Waals surface area contributed by atoms with Crippen LogP contribution in [0.4, 0.5) is 0 Å². The van der Waals surface area contributed by atoms with Gasteiger partial charge in [-0.2, -0.15) is 0 Å². The Morgan fingerprint density at radius 2 is 1.81 bits per heavy atom. The first-order valence-corrected chi connectivity index (χ1v) is 7.37. The van der Waals surface area contributed by atoms with Crippen LogP contribution in [-0.2, 0) is 13.0 Å². The minimum atomic E-state index is 0.545. The molecular formula is C18H23NO2. The number of benzene rings is 2. The number of hydrogen-bond acceptors (Lipinski definition) is 3. The molecule has 0 heterocycles. The van der Waals surface area contributed by atoms with Gasteiger partial charge in [0.15, 0.2) is 11.5 Å². The first-order chi connectivity index (χ1) is 10.2. The molecule has 2 aromatic rings. The molecule has 0 amide bonds. The summed E-state index contributed by atoms with van der Waals surface area (Å²) in [6, 6.07) is 14.3. The molecule has 3 heteroatoms. The first kappa shape index (κ1) is 15.4. The maximum atomic E-state index is 5.93. The number of nitrogens with two attached hydrogens (primary N) is 1. The van der Waals surface area contributed by atoms with Crippen molar-refractivity contribution < 1.29 is 9.47 Å². The Morgan fingerprint density at radius 1 is 1.00 bits per heavy atom. The van der Waals surface area contributed by atoms with E-state index in [1.165, 1.54) is 16.7 Å². The molecule has 2 aromatic carbocycles. The van der Waals surface area contributed by atoms with Gasteiger partial charge < -0.3 is 15.2 Å². The van der Waals surface area contributed by atoms with Crippen molar-refractivity contribution >= 4 is 0 Å². The Kier molecular flexibility index (Phi) is 5.64. The van der Waals surface area contributed by atoms with E-state index in [0.717, 1.165) is 17.9 Å². The van der Waals surface area contributed by atoms with E-state index in [1.807, 2.05) is 37.3 Å². The van der Waals surface area contributed by atoms with E-state index in [-0.39, 0.29) is 0 Å². The molecule has 0 fully saturated rings. The summed E-state index contributed by atoms with van der Waals surface area (Å²) in [6.07, 6.45) is 0.845. The van der Waals surface area contributed by atoms with Gasteiger partial charge >= 0.3 is 0 Å². The fourth-order valence-electron chi connectivity index (χ4n) is 2.19. The summed E-state index contributed by atoms with van der Waals surface area (Å²) in [5.74, 6) is 1.57. The van der Waals surface area contributed by atoms with Gasteiger partial charge in [-0.25, -0.2) is 0 Å². The second-order valence-electron chi connectivity index (χ2n) is 4.97. The Bertz CT molecular complexity index is 581. The van der Waals surface area contributed by atoms with Gasteiger partial charge in [0.2, 0.25) is 0 Å². The number of rotatable bonds is 7. The van der Waals surface area contributed by atoms with E-state index >= 15 is 0 Å². The molecule has 0 bridgehead atoms. The lowest BCUT2D eigenvalue weighted by atomic mass is 10.1. The molecular weight excluding hydrogens is 262 g/mol. The first-order valence-electron chi connectivity index (χ1n) is 7.37. The third-order valence-corrected chi connectivity index (χ3v) is 3.39. The van der Waals surface area contributed by atoms with Gasteiger partial charge in [0.1, 0.15) is 6.61 Å². The molecule has 3 nitrogen and oxygen atoms in total. The van der Waals surface area contributed by atoms with Crippen molar-refractivity contribution in [2.24, 2.45) is 5.73 Å². The van der Waals surface area contributed by atoms with E-state index in [1.54, 1.807) is 0 Å². The summed E-state index contributed by atoms with van der Waals surface area (Å²) in [4.78, 5) is 0. The van der Waals surface area contributed by atoms with E-state index < -0.39 is 0 Å². The second kappa shape index (κ2) is 7.70. The largest absolute Gasteiger partial charge is 0.490 e. The Balaban J connectivity index is 2.13. The van der Waals surface area contributed by atoms with Crippen molar-refractivity contribution in [3.63, 3.8) is 0 Å². The quantitative estimate of drug-likeness (QED) is 0.847. The fraction of sp³-hybridized carbons (Fsp3) is 0.333. The van der Waals surface area contributed by atoms with Crippen LogP contribution < -0.4 is 15.2 Å². The van der Waals surface area contributed by atoms with E-state index in [9.17, 15) is 0 Å². The highest BCUT2D eigenvalue weighted by Crippen LogP contribution is 2.29. The second-order valence-corrected chi connectivity index (χ2v) is 4.97. The van der Waals surface area contributed by atoms with Crippen molar-refractivity contribution in [2.75, 3.05) is 13.2 Å². The SMILES string of the molecule is CCOc1cc(CCN)ccc1OCc1ccccc1C. The predicted molar refractivity (Wildman–Crippen MR) is 85.9 cm³/mol. The standard InChI is InChI=1S/C18H23NO2/c1-3-20-18-12-15(10-11-19)8-9-17(18)21-13-16-7-5-4-6-14(16)2/h4-9,12H,3,10-11,13,19H2,1-2H3. The molecule has 0 aromatic heterocycles. The Morgan fingerprint density at radius 3 is 2.52 bits per heavy atom. The smallest absolute Gasteiger partial charge is 0.161 e. The lowest BCUT2D eigenvalue weighted by Crippen LogP contribution is -2.04.